The number of carbonyl (C=O) groups excluding carboxylic acids is 1. The van der Waals surface area contributed by atoms with Crippen molar-refractivity contribution in [3.8, 4) is 11.8 Å². The second-order valence-electron chi connectivity index (χ2n) is 8.12. The van der Waals surface area contributed by atoms with Crippen molar-refractivity contribution in [1.29, 1.82) is 0 Å². The highest BCUT2D eigenvalue weighted by molar-refractivity contribution is 5.92. The Morgan fingerprint density at radius 3 is 2.00 bits per heavy atom. The molecule has 0 aliphatic rings. The van der Waals surface area contributed by atoms with Crippen LogP contribution in [0.1, 0.15) is 68.6 Å². The zero-order valence-electron chi connectivity index (χ0n) is 15.9. The van der Waals surface area contributed by atoms with Crippen LogP contribution in [0.25, 0.3) is 0 Å². The first-order chi connectivity index (χ1) is 11.6. The molecule has 0 N–H and O–H groups in total. The average Bonchev–Trinajstić information content (AvgIpc) is 2.51. The first-order valence-corrected chi connectivity index (χ1v) is 8.51. The van der Waals surface area contributed by atoms with E-state index in [1.807, 2.05) is 51.1 Å². The molecule has 2 aromatic carbocycles. The SMILES string of the molecule is CC(C)(C)OC(=O)c1ccccc1C#Cc1ccc(C(C)(C)C)cc1. The van der Waals surface area contributed by atoms with Crippen LogP contribution in [-0.2, 0) is 10.2 Å². The molecule has 130 valence electrons. The summed E-state index contributed by atoms with van der Waals surface area (Å²) in [4.78, 5) is 12.4. The van der Waals surface area contributed by atoms with Gasteiger partial charge in [-0.05, 0) is 56.0 Å². The molecular weight excluding hydrogens is 308 g/mol. The number of rotatable bonds is 1. The Hall–Kier alpha value is -2.53. The third-order valence-electron chi connectivity index (χ3n) is 3.64. The van der Waals surface area contributed by atoms with E-state index < -0.39 is 5.60 Å². The molecule has 2 heteroatoms. The largest absolute Gasteiger partial charge is 0.456 e. The Bertz CT molecular complexity index is 804. The van der Waals surface area contributed by atoms with Crippen LogP contribution in [0.15, 0.2) is 48.5 Å². The van der Waals surface area contributed by atoms with Gasteiger partial charge in [0.2, 0.25) is 0 Å². The predicted molar refractivity (Wildman–Crippen MR) is 103 cm³/mol. The van der Waals surface area contributed by atoms with Crippen LogP contribution in [0.2, 0.25) is 0 Å². The lowest BCUT2D eigenvalue weighted by Gasteiger charge is -2.19. The molecule has 0 fully saturated rings. The Morgan fingerprint density at radius 1 is 0.840 bits per heavy atom. The van der Waals surface area contributed by atoms with Gasteiger partial charge in [0.25, 0.3) is 0 Å². The maximum absolute atomic E-state index is 12.4. The summed E-state index contributed by atoms with van der Waals surface area (Å²) in [5.41, 5.74) is 2.96. The Kier molecular flexibility index (Phi) is 5.38. The zero-order chi connectivity index (χ0) is 18.7. The van der Waals surface area contributed by atoms with Crippen molar-refractivity contribution in [2.45, 2.75) is 52.6 Å². The number of benzene rings is 2. The minimum Gasteiger partial charge on any atom is -0.456 e. The molecule has 0 bridgehead atoms. The molecule has 0 amide bonds. The predicted octanol–water partition coefficient (Wildman–Crippen LogP) is 5.34. The minimum absolute atomic E-state index is 0.120. The number of esters is 1. The van der Waals surface area contributed by atoms with Gasteiger partial charge in [-0.3, -0.25) is 0 Å². The third kappa shape index (κ3) is 5.50. The standard InChI is InChI=1S/C23H26O2/c1-22(2,3)19-15-12-17(13-16-19)11-14-18-9-7-8-10-20(18)21(24)25-23(4,5)6/h7-10,12-13,15-16H,1-6H3. The molecule has 25 heavy (non-hydrogen) atoms. The fourth-order valence-corrected chi connectivity index (χ4v) is 2.30. The first-order valence-electron chi connectivity index (χ1n) is 8.51. The lowest BCUT2D eigenvalue weighted by atomic mass is 9.87. The summed E-state index contributed by atoms with van der Waals surface area (Å²) < 4.78 is 5.46. The summed E-state index contributed by atoms with van der Waals surface area (Å²) in [7, 11) is 0. The lowest BCUT2D eigenvalue weighted by Crippen LogP contribution is -2.24. The van der Waals surface area contributed by atoms with Crippen LogP contribution in [0.5, 0.6) is 0 Å². The molecule has 0 aliphatic carbocycles. The van der Waals surface area contributed by atoms with Crippen molar-refractivity contribution in [2.24, 2.45) is 0 Å². The summed E-state index contributed by atoms with van der Waals surface area (Å²) in [6, 6.07) is 15.5. The molecule has 0 spiro atoms. The average molecular weight is 334 g/mol. The lowest BCUT2D eigenvalue weighted by molar-refractivity contribution is 0.00692. The number of ether oxygens (including phenoxy) is 1. The van der Waals surface area contributed by atoms with Gasteiger partial charge in [0.1, 0.15) is 5.60 Å². The van der Waals surface area contributed by atoms with Gasteiger partial charge < -0.3 is 4.74 Å². The van der Waals surface area contributed by atoms with Crippen molar-refractivity contribution < 1.29 is 9.53 Å². The van der Waals surface area contributed by atoms with Crippen molar-refractivity contribution in [2.75, 3.05) is 0 Å². The van der Waals surface area contributed by atoms with Crippen LogP contribution in [0.3, 0.4) is 0 Å². The van der Waals surface area contributed by atoms with Gasteiger partial charge in [0.15, 0.2) is 0 Å². The summed E-state index contributed by atoms with van der Waals surface area (Å²) in [6.45, 7) is 12.1. The molecule has 0 aromatic heterocycles. The highest BCUT2D eigenvalue weighted by Crippen LogP contribution is 2.22. The first kappa shape index (κ1) is 18.8. The molecular formula is C23H26O2. The summed E-state index contributed by atoms with van der Waals surface area (Å²) >= 11 is 0. The molecule has 2 rings (SSSR count). The summed E-state index contributed by atoms with van der Waals surface area (Å²) in [5, 5.41) is 0. The molecule has 0 radical (unpaired) electrons. The van der Waals surface area contributed by atoms with Gasteiger partial charge in [-0.1, -0.05) is 56.9 Å². The molecule has 2 aromatic rings. The van der Waals surface area contributed by atoms with Gasteiger partial charge in [-0.25, -0.2) is 4.79 Å². The highest BCUT2D eigenvalue weighted by Gasteiger charge is 2.19. The van der Waals surface area contributed by atoms with Crippen LogP contribution in [0.4, 0.5) is 0 Å². The van der Waals surface area contributed by atoms with Crippen LogP contribution in [-0.4, -0.2) is 11.6 Å². The van der Waals surface area contributed by atoms with E-state index in [2.05, 4.69) is 44.7 Å². The van der Waals surface area contributed by atoms with E-state index in [0.29, 0.717) is 11.1 Å². The molecule has 0 saturated heterocycles. The van der Waals surface area contributed by atoms with Crippen LogP contribution >= 0.6 is 0 Å². The van der Waals surface area contributed by atoms with Gasteiger partial charge in [-0.15, -0.1) is 0 Å². The van der Waals surface area contributed by atoms with Gasteiger partial charge in [0, 0.05) is 11.1 Å². The van der Waals surface area contributed by atoms with E-state index in [0.717, 1.165) is 5.56 Å². The van der Waals surface area contributed by atoms with Gasteiger partial charge in [0.05, 0.1) is 5.56 Å². The van der Waals surface area contributed by atoms with E-state index >= 15 is 0 Å². The number of carbonyl (C=O) groups is 1. The van der Waals surface area contributed by atoms with E-state index in [1.165, 1.54) is 5.56 Å². The number of hydrogen-bond donors (Lipinski definition) is 0. The molecule has 0 heterocycles. The maximum Gasteiger partial charge on any atom is 0.339 e. The van der Waals surface area contributed by atoms with Gasteiger partial charge >= 0.3 is 5.97 Å². The Labute approximate surface area is 151 Å². The normalized spacial score (nSPS) is 11.4. The third-order valence-corrected chi connectivity index (χ3v) is 3.64. The monoisotopic (exact) mass is 334 g/mol. The number of hydrogen-bond acceptors (Lipinski definition) is 2. The van der Waals surface area contributed by atoms with Crippen LogP contribution < -0.4 is 0 Å². The molecule has 0 unspecified atom stereocenters. The van der Waals surface area contributed by atoms with Crippen LogP contribution in [0, 0.1) is 11.8 Å². The quantitative estimate of drug-likeness (QED) is 0.520. The Morgan fingerprint density at radius 2 is 1.44 bits per heavy atom. The second kappa shape index (κ2) is 7.15. The van der Waals surface area contributed by atoms with E-state index in [-0.39, 0.29) is 11.4 Å². The minimum atomic E-state index is -0.527. The van der Waals surface area contributed by atoms with Crippen molar-refractivity contribution in [3.05, 3.63) is 70.8 Å². The highest BCUT2D eigenvalue weighted by atomic mass is 16.6. The zero-order valence-corrected chi connectivity index (χ0v) is 15.9. The molecule has 0 aliphatic heterocycles. The second-order valence-corrected chi connectivity index (χ2v) is 8.12. The fraction of sp³-hybridized carbons (Fsp3) is 0.348. The fourth-order valence-electron chi connectivity index (χ4n) is 2.30. The van der Waals surface area contributed by atoms with Gasteiger partial charge in [-0.2, -0.15) is 0 Å². The van der Waals surface area contributed by atoms with E-state index in [4.69, 9.17) is 4.74 Å². The van der Waals surface area contributed by atoms with Crippen molar-refractivity contribution in [3.63, 3.8) is 0 Å². The molecule has 2 nitrogen and oxygen atoms in total. The van der Waals surface area contributed by atoms with E-state index in [9.17, 15) is 4.79 Å². The van der Waals surface area contributed by atoms with Crippen molar-refractivity contribution >= 4 is 5.97 Å². The van der Waals surface area contributed by atoms with E-state index in [1.54, 1.807) is 6.07 Å². The summed E-state index contributed by atoms with van der Waals surface area (Å²) in [6.07, 6.45) is 0. The Balaban J connectivity index is 2.28. The molecule has 0 saturated carbocycles. The van der Waals surface area contributed by atoms with Crippen molar-refractivity contribution in [1.82, 2.24) is 0 Å². The topological polar surface area (TPSA) is 26.3 Å². The maximum atomic E-state index is 12.4. The summed E-state index contributed by atoms with van der Waals surface area (Å²) in [5.74, 6) is 5.90. The molecule has 0 atom stereocenters. The smallest absolute Gasteiger partial charge is 0.339 e.